The largest absolute Gasteiger partial charge is 0.379 e. The Hall–Kier alpha value is -0.650. The van der Waals surface area contributed by atoms with Crippen LogP contribution in [0.25, 0.3) is 0 Å². The molecule has 5 nitrogen and oxygen atoms in total. The highest BCUT2D eigenvalue weighted by atomic mass is 16.5. The molecule has 0 aromatic rings. The van der Waals surface area contributed by atoms with Crippen molar-refractivity contribution in [2.24, 2.45) is 5.92 Å². The van der Waals surface area contributed by atoms with Crippen molar-refractivity contribution in [3.05, 3.63) is 0 Å². The molecule has 2 fully saturated rings. The molecule has 0 aliphatic carbocycles. The van der Waals surface area contributed by atoms with E-state index in [0.717, 1.165) is 39.3 Å². The summed E-state index contributed by atoms with van der Waals surface area (Å²) in [6.45, 7) is 6.56. The van der Waals surface area contributed by atoms with Crippen molar-refractivity contribution < 1.29 is 9.53 Å². The zero-order valence-corrected chi connectivity index (χ0v) is 9.95. The Labute approximate surface area is 96.7 Å². The van der Waals surface area contributed by atoms with Crippen LogP contribution in [0.4, 0.5) is 0 Å². The summed E-state index contributed by atoms with van der Waals surface area (Å²) in [5.41, 5.74) is 0. The zero-order valence-electron chi connectivity index (χ0n) is 9.95. The molecule has 0 saturated carbocycles. The van der Waals surface area contributed by atoms with Crippen molar-refractivity contribution in [2.45, 2.75) is 0 Å². The summed E-state index contributed by atoms with van der Waals surface area (Å²) in [5, 5.41) is 3.24. The lowest BCUT2D eigenvalue weighted by Crippen LogP contribution is -2.50. The minimum Gasteiger partial charge on any atom is -0.379 e. The van der Waals surface area contributed by atoms with Gasteiger partial charge in [-0.1, -0.05) is 0 Å². The first-order valence-corrected chi connectivity index (χ1v) is 6.03. The standard InChI is InChI=1S/C11H21N3O2/c1-13-3-5-14(6-4-13)11(15)10-8-12-2-7-16-9-10/h10,12H,2-9H2,1H3/t10-/m0/s1. The number of rotatable bonds is 1. The molecule has 0 radical (unpaired) electrons. The smallest absolute Gasteiger partial charge is 0.229 e. The third-order valence-electron chi connectivity index (χ3n) is 3.30. The maximum atomic E-state index is 12.2. The number of carbonyl (C=O) groups is 1. The van der Waals surface area contributed by atoms with Gasteiger partial charge < -0.3 is 19.9 Å². The van der Waals surface area contributed by atoms with Crippen LogP contribution in [0.3, 0.4) is 0 Å². The molecule has 2 aliphatic heterocycles. The van der Waals surface area contributed by atoms with Gasteiger partial charge in [0.2, 0.25) is 5.91 Å². The summed E-state index contributed by atoms with van der Waals surface area (Å²) in [4.78, 5) is 16.4. The molecule has 1 atom stereocenters. The maximum Gasteiger partial charge on any atom is 0.229 e. The Balaban J connectivity index is 1.85. The highest BCUT2D eigenvalue weighted by Crippen LogP contribution is 2.08. The second-order valence-electron chi connectivity index (χ2n) is 4.60. The first kappa shape index (κ1) is 11.8. The van der Waals surface area contributed by atoms with Gasteiger partial charge in [-0.05, 0) is 7.05 Å². The van der Waals surface area contributed by atoms with Gasteiger partial charge in [0.1, 0.15) is 0 Å². The monoisotopic (exact) mass is 227 g/mol. The molecule has 2 rings (SSSR count). The molecule has 1 amide bonds. The zero-order chi connectivity index (χ0) is 11.4. The fraction of sp³-hybridized carbons (Fsp3) is 0.909. The van der Waals surface area contributed by atoms with Gasteiger partial charge in [0, 0.05) is 39.3 Å². The molecule has 0 aromatic carbocycles. The van der Waals surface area contributed by atoms with Gasteiger partial charge in [0.15, 0.2) is 0 Å². The highest BCUT2D eigenvalue weighted by molar-refractivity contribution is 5.79. The molecule has 0 unspecified atom stereocenters. The number of ether oxygens (including phenoxy) is 1. The van der Waals surface area contributed by atoms with Crippen molar-refractivity contribution >= 4 is 5.91 Å². The highest BCUT2D eigenvalue weighted by Gasteiger charge is 2.27. The van der Waals surface area contributed by atoms with Crippen molar-refractivity contribution in [3.8, 4) is 0 Å². The molecule has 2 saturated heterocycles. The second-order valence-corrected chi connectivity index (χ2v) is 4.60. The van der Waals surface area contributed by atoms with Crippen molar-refractivity contribution in [1.82, 2.24) is 15.1 Å². The first-order chi connectivity index (χ1) is 7.77. The first-order valence-electron chi connectivity index (χ1n) is 6.03. The average Bonchev–Trinajstić information content (AvgIpc) is 2.57. The van der Waals surface area contributed by atoms with E-state index in [9.17, 15) is 4.79 Å². The van der Waals surface area contributed by atoms with Crippen LogP contribution < -0.4 is 5.32 Å². The Morgan fingerprint density at radius 1 is 1.31 bits per heavy atom. The third kappa shape index (κ3) is 2.93. The molecule has 0 spiro atoms. The minimum absolute atomic E-state index is 0.00547. The number of carbonyl (C=O) groups excluding carboxylic acids is 1. The van der Waals surface area contributed by atoms with E-state index in [2.05, 4.69) is 17.3 Å². The van der Waals surface area contributed by atoms with E-state index in [1.54, 1.807) is 0 Å². The van der Waals surface area contributed by atoms with Gasteiger partial charge in [0.25, 0.3) is 0 Å². The van der Waals surface area contributed by atoms with Gasteiger partial charge >= 0.3 is 0 Å². The van der Waals surface area contributed by atoms with Crippen LogP contribution in [0.15, 0.2) is 0 Å². The Bertz CT molecular complexity index is 231. The topological polar surface area (TPSA) is 44.8 Å². The summed E-state index contributed by atoms with van der Waals surface area (Å²) in [6, 6.07) is 0. The van der Waals surface area contributed by atoms with Gasteiger partial charge in [0.05, 0.1) is 19.1 Å². The fourth-order valence-electron chi connectivity index (χ4n) is 2.15. The molecule has 2 aliphatic rings. The van der Waals surface area contributed by atoms with E-state index in [4.69, 9.17) is 4.74 Å². The Kier molecular flexibility index (Phi) is 4.15. The van der Waals surface area contributed by atoms with Crippen molar-refractivity contribution in [3.63, 3.8) is 0 Å². The summed E-state index contributed by atoms with van der Waals surface area (Å²) in [5.74, 6) is 0.258. The van der Waals surface area contributed by atoms with Gasteiger partial charge in [-0.25, -0.2) is 0 Å². The summed E-state index contributed by atoms with van der Waals surface area (Å²) in [6.07, 6.45) is 0. The van der Waals surface area contributed by atoms with Gasteiger partial charge in [-0.3, -0.25) is 4.79 Å². The van der Waals surface area contributed by atoms with Gasteiger partial charge in [-0.2, -0.15) is 0 Å². The average molecular weight is 227 g/mol. The molecule has 2 heterocycles. The normalized spacial score (nSPS) is 28.8. The Morgan fingerprint density at radius 2 is 2.06 bits per heavy atom. The van der Waals surface area contributed by atoms with Crippen LogP contribution in [-0.2, 0) is 9.53 Å². The van der Waals surface area contributed by atoms with Crippen LogP contribution in [0.2, 0.25) is 0 Å². The molecule has 1 N–H and O–H groups in total. The van der Waals surface area contributed by atoms with Crippen LogP contribution in [-0.4, -0.2) is 75.2 Å². The number of hydrogen-bond donors (Lipinski definition) is 1. The van der Waals surface area contributed by atoms with E-state index in [1.807, 2.05) is 4.90 Å². The Morgan fingerprint density at radius 3 is 2.81 bits per heavy atom. The lowest BCUT2D eigenvalue weighted by atomic mass is 10.1. The van der Waals surface area contributed by atoms with Crippen molar-refractivity contribution in [2.75, 3.05) is 59.5 Å². The number of amides is 1. The quantitative estimate of drug-likeness (QED) is 0.624. The van der Waals surface area contributed by atoms with Crippen molar-refractivity contribution in [1.29, 1.82) is 0 Å². The van der Waals surface area contributed by atoms with Crippen LogP contribution in [0.1, 0.15) is 0 Å². The van der Waals surface area contributed by atoms with Crippen LogP contribution >= 0.6 is 0 Å². The molecule has 0 bridgehead atoms. The number of piperazine rings is 1. The molecule has 92 valence electrons. The summed E-state index contributed by atoms with van der Waals surface area (Å²) < 4.78 is 5.42. The van der Waals surface area contributed by atoms with E-state index < -0.39 is 0 Å². The lowest BCUT2D eigenvalue weighted by molar-refractivity contribution is -0.138. The number of nitrogens with zero attached hydrogens (tertiary/aromatic N) is 2. The fourth-order valence-corrected chi connectivity index (χ4v) is 2.15. The number of hydrogen-bond acceptors (Lipinski definition) is 4. The predicted octanol–water partition coefficient (Wildman–Crippen LogP) is -1.00. The van der Waals surface area contributed by atoms with Crippen LogP contribution in [0.5, 0.6) is 0 Å². The number of likely N-dealkylation sites (N-methyl/N-ethyl adjacent to an activating group) is 1. The van der Waals surface area contributed by atoms with Gasteiger partial charge in [-0.15, -0.1) is 0 Å². The maximum absolute atomic E-state index is 12.2. The third-order valence-corrected chi connectivity index (χ3v) is 3.30. The molecule has 0 aromatic heterocycles. The molecule has 16 heavy (non-hydrogen) atoms. The molecular formula is C11H21N3O2. The van der Waals surface area contributed by atoms with Crippen LogP contribution in [0, 0.1) is 5.92 Å². The van der Waals surface area contributed by atoms with E-state index in [0.29, 0.717) is 13.2 Å². The minimum atomic E-state index is 0.00547. The summed E-state index contributed by atoms with van der Waals surface area (Å²) in [7, 11) is 2.10. The summed E-state index contributed by atoms with van der Waals surface area (Å²) >= 11 is 0. The van der Waals surface area contributed by atoms with E-state index in [1.165, 1.54) is 0 Å². The predicted molar refractivity (Wildman–Crippen MR) is 61.3 cm³/mol. The number of nitrogens with one attached hydrogen (secondary N) is 1. The van der Waals surface area contributed by atoms with E-state index in [-0.39, 0.29) is 11.8 Å². The molecular weight excluding hydrogens is 206 g/mol. The van der Waals surface area contributed by atoms with E-state index >= 15 is 0 Å². The second kappa shape index (κ2) is 5.61. The SMILES string of the molecule is CN1CCN(C(=O)[C@H]2CNCCOC2)CC1. The lowest BCUT2D eigenvalue weighted by Gasteiger charge is -2.34. The molecule has 5 heteroatoms.